The second-order valence-electron chi connectivity index (χ2n) is 5.86. The van der Waals surface area contributed by atoms with Gasteiger partial charge in [-0.1, -0.05) is 12.1 Å². The maximum absolute atomic E-state index is 12.3. The second-order valence-corrected chi connectivity index (χ2v) is 6.89. The summed E-state index contributed by atoms with van der Waals surface area (Å²) in [6, 6.07) is 20.1. The predicted octanol–water partition coefficient (Wildman–Crippen LogP) is 5.35. The van der Waals surface area contributed by atoms with Crippen molar-refractivity contribution in [1.82, 2.24) is 4.98 Å². The number of allylic oxidation sites excluding steroid dienone is 1. The summed E-state index contributed by atoms with van der Waals surface area (Å²) in [5, 5.41) is 9.32. The normalized spacial score (nSPS) is 11.0. The number of aromatic nitrogens is 1. The summed E-state index contributed by atoms with van der Waals surface area (Å²) >= 11 is 1.56. The smallest absolute Gasteiger partial charge is 0.185 e. The Morgan fingerprint density at radius 3 is 2.75 bits per heavy atom. The molecule has 0 radical (unpaired) electrons. The first-order chi connectivity index (χ1) is 13.7. The first-order valence-corrected chi connectivity index (χ1v) is 9.32. The number of nitriles is 1. The first-order valence-electron chi connectivity index (χ1n) is 8.51. The maximum Gasteiger partial charge on any atom is 0.185 e. The number of para-hydroxylation sites is 1. The molecule has 0 aliphatic rings. The van der Waals surface area contributed by atoms with Gasteiger partial charge in [0, 0.05) is 5.56 Å². The van der Waals surface area contributed by atoms with Crippen LogP contribution in [0.5, 0.6) is 5.75 Å². The minimum absolute atomic E-state index is 0.0251. The van der Waals surface area contributed by atoms with Crippen molar-refractivity contribution >= 4 is 33.4 Å². The highest BCUT2D eigenvalue weighted by atomic mass is 32.1. The number of ketones is 1. The molecule has 0 aliphatic heterocycles. The summed E-state index contributed by atoms with van der Waals surface area (Å²) in [6.07, 6.45) is 3.10. The lowest BCUT2D eigenvalue weighted by atomic mass is 10.1. The first kappa shape index (κ1) is 17.7. The molecule has 2 aromatic heterocycles. The van der Waals surface area contributed by atoms with Gasteiger partial charge in [0.05, 0.1) is 10.2 Å². The van der Waals surface area contributed by atoms with Crippen molar-refractivity contribution in [3.8, 4) is 22.6 Å². The zero-order chi connectivity index (χ0) is 19.3. The Balaban J connectivity index is 1.46. The maximum atomic E-state index is 12.3. The van der Waals surface area contributed by atoms with Crippen LogP contribution in [0.1, 0.15) is 16.1 Å². The van der Waals surface area contributed by atoms with Crippen LogP contribution in [0, 0.1) is 11.3 Å². The van der Waals surface area contributed by atoms with E-state index >= 15 is 0 Å². The molecule has 4 aromatic rings. The van der Waals surface area contributed by atoms with E-state index in [2.05, 4.69) is 4.98 Å². The average Bonchev–Trinajstić information content (AvgIpc) is 3.37. The molecule has 0 spiro atoms. The molecule has 4 rings (SSSR count). The number of rotatable bonds is 6. The Hall–Kier alpha value is -3.69. The molecule has 136 valence electrons. The van der Waals surface area contributed by atoms with Crippen molar-refractivity contribution in [3.05, 3.63) is 78.1 Å². The minimum Gasteiger partial charge on any atom is -0.479 e. The number of nitrogens with zero attached hydrogens (tertiary/aromatic N) is 2. The van der Waals surface area contributed by atoms with Crippen LogP contribution in [-0.2, 0) is 0 Å². The second kappa shape index (κ2) is 7.91. The topological polar surface area (TPSA) is 76.1 Å². The molecule has 0 amide bonds. The highest BCUT2D eigenvalue weighted by Gasteiger charge is 2.10. The molecule has 2 aromatic carbocycles. The van der Waals surface area contributed by atoms with Crippen molar-refractivity contribution in [1.29, 1.82) is 5.26 Å². The van der Waals surface area contributed by atoms with E-state index < -0.39 is 0 Å². The van der Waals surface area contributed by atoms with Crippen LogP contribution in [0.2, 0.25) is 0 Å². The molecule has 0 bridgehead atoms. The van der Waals surface area contributed by atoms with Gasteiger partial charge < -0.3 is 9.15 Å². The fourth-order valence-electron chi connectivity index (χ4n) is 2.62. The fourth-order valence-corrected chi connectivity index (χ4v) is 3.55. The lowest BCUT2D eigenvalue weighted by Crippen LogP contribution is -1.96. The van der Waals surface area contributed by atoms with Crippen molar-refractivity contribution in [2.75, 3.05) is 6.61 Å². The van der Waals surface area contributed by atoms with Gasteiger partial charge in [-0.05, 0) is 60.7 Å². The number of fused-ring (bicyclic) bond motifs is 1. The Morgan fingerprint density at radius 2 is 1.96 bits per heavy atom. The van der Waals surface area contributed by atoms with Gasteiger partial charge in [-0.15, -0.1) is 11.3 Å². The Kier molecular flexibility index (Phi) is 5.00. The lowest BCUT2D eigenvalue weighted by molar-refractivity contribution is 0.104. The molecule has 5 nitrogen and oxygen atoms in total. The van der Waals surface area contributed by atoms with Crippen LogP contribution in [0.15, 0.2) is 71.2 Å². The molecule has 0 unspecified atom stereocenters. The van der Waals surface area contributed by atoms with Gasteiger partial charge >= 0.3 is 0 Å². The van der Waals surface area contributed by atoms with Gasteiger partial charge in [0.1, 0.15) is 17.6 Å². The molecular formula is C22H14N2O3S. The van der Waals surface area contributed by atoms with Crippen LogP contribution in [0.25, 0.3) is 27.1 Å². The van der Waals surface area contributed by atoms with Crippen molar-refractivity contribution < 1.29 is 13.9 Å². The van der Waals surface area contributed by atoms with E-state index in [1.54, 1.807) is 41.7 Å². The van der Waals surface area contributed by atoms with E-state index in [1.165, 1.54) is 6.08 Å². The molecule has 6 heteroatoms. The van der Waals surface area contributed by atoms with Crippen LogP contribution in [0.4, 0.5) is 0 Å². The summed E-state index contributed by atoms with van der Waals surface area (Å²) in [5.41, 5.74) is 1.46. The number of furan rings is 1. The molecule has 2 heterocycles. The standard InChI is InChI=1S/C22H14N2O3S/c23-13-14-26-16-7-5-15(6-8-16)19(25)11-9-17-10-12-20(27-17)22-24-18-3-1-2-4-21(18)28-22/h1-12H,14H2/b11-9+. The number of benzene rings is 2. The van der Waals surface area contributed by atoms with Gasteiger partial charge in [-0.2, -0.15) is 5.26 Å². The summed E-state index contributed by atoms with van der Waals surface area (Å²) in [5.74, 6) is 1.65. The Morgan fingerprint density at radius 1 is 1.14 bits per heavy atom. The summed E-state index contributed by atoms with van der Waals surface area (Å²) in [7, 11) is 0. The number of carbonyl (C=O) groups is 1. The van der Waals surface area contributed by atoms with E-state index in [1.807, 2.05) is 42.5 Å². The van der Waals surface area contributed by atoms with Gasteiger partial charge in [0.2, 0.25) is 0 Å². The Labute approximate surface area is 165 Å². The van der Waals surface area contributed by atoms with Crippen molar-refractivity contribution in [3.63, 3.8) is 0 Å². The third-order valence-electron chi connectivity index (χ3n) is 3.97. The summed E-state index contributed by atoms with van der Waals surface area (Å²) in [4.78, 5) is 16.9. The SMILES string of the molecule is N#CCOc1ccc(C(=O)/C=C/c2ccc(-c3nc4ccccc4s3)o2)cc1. The van der Waals surface area contributed by atoms with Gasteiger partial charge in [0.15, 0.2) is 23.2 Å². The zero-order valence-corrected chi connectivity index (χ0v) is 15.5. The molecule has 0 fully saturated rings. The quantitative estimate of drug-likeness (QED) is 0.330. The molecule has 28 heavy (non-hydrogen) atoms. The number of ether oxygens (including phenoxy) is 1. The van der Waals surface area contributed by atoms with E-state index in [4.69, 9.17) is 14.4 Å². The third-order valence-corrected chi connectivity index (χ3v) is 5.02. The highest BCUT2D eigenvalue weighted by Crippen LogP contribution is 2.31. The highest BCUT2D eigenvalue weighted by molar-refractivity contribution is 7.21. The zero-order valence-electron chi connectivity index (χ0n) is 14.7. The molecule has 0 saturated carbocycles. The number of hydrogen-bond donors (Lipinski definition) is 0. The number of carbonyl (C=O) groups excluding carboxylic acids is 1. The van der Waals surface area contributed by atoms with Crippen LogP contribution < -0.4 is 4.74 Å². The van der Waals surface area contributed by atoms with Crippen molar-refractivity contribution in [2.24, 2.45) is 0 Å². The van der Waals surface area contributed by atoms with Gasteiger partial charge in [-0.25, -0.2) is 4.98 Å². The van der Waals surface area contributed by atoms with Crippen LogP contribution >= 0.6 is 11.3 Å². The monoisotopic (exact) mass is 386 g/mol. The van der Waals surface area contributed by atoms with Gasteiger partial charge in [-0.3, -0.25) is 4.79 Å². The molecule has 0 saturated heterocycles. The fraction of sp³-hybridized carbons (Fsp3) is 0.0455. The predicted molar refractivity (Wildman–Crippen MR) is 108 cm³/mol. The van der Waals surface area contributed by atoms with Crippen LogP contribution in [-0.4, -0.2) is 17.4 Å². The third kappa shape index (κ3) is 3.85. The average molecular weight is 386 g/mol. The molecule has 0 N–H and O–H groups in total. The number of hydrogen-bond acceptors (Lipinski definition) is 6. The summed E-state index contributed by atoms with van der Waals surface area (Å²) < 4.78 is 12.1. The molecular weight excluding hydrogens is 372 g/mol. The number of thiazole rings is 1. The molecule has 0 atom stereocenters. The van der Waals surface area contributed by atoms with E-state index in [0.29, 0.717) is 22.8 Å². The van der Waals surface area contributed by atoms with E-state index in [-0.39, 0.29) is 12.4 Å². The van der Waals surface area contributed by atoms with Gasteiger partial charge in [0.25, 0.3) is 0 Å². The van der Waals surface area contributed by atoms with Crippen molar-refractivity contribution in [2.45, 2.75) is 0 Å². The summed E-state index contributed by atoms with van der Waals surface area (Å²) in [6.45, 7) is -0.0251. The lowest BCUT2D eigenvalue weighted by Gasteiger charge is -2.01. The minimum atomic E-state index is -0.148. The van der Waals surface area contributed by atoms with Crippen LogP contribution in [0.3, 0.4) is 0 Å². The van der Waals surface area contributed by atoms with E-state index in [9.17, 15) is 4.79 Å². The Bertz CT molecular complexity index is 1160. The van der Waals surface area contributed by atoms with E-state index in [0.717, 1.165) is 15.2 Å². The largest absolute Gasteiger partial charge is 0.479 e. The molecule has 0 aliphatic carbocycles.